The van der Waals surface area contributed by atoms with E-state index in [2.05, 4.69) is 4.98 Å². The molecule has 3 aromatic rings. The van der Waals surface area contributed by atoms with E-state index in [1.165, 1.54) is 31.8 Å². The summed E-state index contributed by atoms with van der Waals surface area (Å²) in [6.07, 6.45) is 1.79. The van der Waals surface area contributed by atoms with Gasteiger partial charge in [-0.3, -0.25) is 9.36 Å². The van der Waals surface area contributed by atoms with Crippen LogP contribution in [-0.4, -0.2) is 37.3 Å². The van der Waals surface area contributed by atoms with Gasteiger partial charge in [-0.25, -0.2) is 8.42 Å². The molecule has 0 saturated carbocycles. The number of benzene rings is 1. The second kappa shape index (κ2) is 9.07. The lowest BCUT2D eigenvalue weighted by atomic mass is 10.2. The molecule has 0 spiro atoms. The Morgan fingerprint density at radius 3 is 2.28 bits per heavy atom. The first kappa shape index (κ1) is 23.4. The number of sulfone groups is 1. The van der Waals surface area contributed by atoms with E-state index < -0.39 is 26.2 Å². The van der Waals surface area contributed by atoms with Gasteiger partial charge in [-0.05, 0) is 38.5 Å². The van der Waals surface area contributed by atoms with Gasteiger partial charge in [0, 0.05) is 6.42 Å². The zero-order valence-electron chi connectivity index (χ0n) is 18.6. The molecule has 2 aromatic heterocycles. The van der Waals surface area contributed by atoms with Gasteiger partial charge in [-0.2, -0.15) is 4.98 Å². The van der Waals surface area contributed by atoms with E-state index in [9.17, 15) is 18.3 Å². The fraction of sp³-hybridized carbons (Fsp3) is 0.364. The summed E-state index contributed by atoms with van der Waals surface area (Å²) in [5.74, 6) is 0.508. The lowest BCUT2D eigenvalue weighted by Gasteiger charge is -2.21. The number of aromatic nitrogens is 2. The first-order chi connectivity index (χ1) is 15.2. The summed E-state index contributed by atoms with van der Waals surface area (Å²) < 4.78 is 44.2. The highest BCUT2D eigenvalue weighted by atomic mass is 32.2. The molecular formula is C22H26N2O7S. The number of hydrogen-bond donors (Lipinski definition) is 1. The normalized spacial score (nSPS) is 11.5. The van der Waals surface area contributed by atoms with Crippen LogP contribution in [0.5, 0.6) is 17.4 Å². The number of aromatic hydroxyl groups is 1. The number of para-hydroxylation sites is 1. The summed E-state index contributed by atoms with van der Waals surface area (Å²) in [5.41, 5.74) is -0.804. The Kier molecular flexibility index (Phi) is 6.63. The lowest BCUT2D eigenvalue weighted by molar-refractivity contribution is 0.374. The molecule has 1 aromatic carbocycles. The maximum Gasteiger partial charge on any atom is 0.296 e. The topological polar surface area (TPSA) is 121 Å². The number of hydrogen-bond acceptors (Lipinski definition) is 8. The molecule has 0 unspecified atom stereocenters. The van der Waals surface area contributed by atoms with Crippen molar-refractivity contribution >= 4 is 9.84 Å². The molecule has 0 aliphatic heterocycles. The van der Waals surface area contributed by atoms with Crippen molar-refractivity contribution in [1.82, 2.24) is 9.55 Å². The predicted molar refractivity (Wildman–Crippen MR) is 117 cm³/mol. The largest absolute Gasteiger partial charge is 0.494 e. The monoisotopic (exact) mass is 462 g/mol. The van der Waals surface area contributed by atoms with Crippen LogP contribution < -0.4 is 15.0 Å². The molecule has 32 heavy (non-hydrogen) atoms. The maximum absolute atomic E-state index is 13.4. The van der Waals surface area contributed by atoms with Gasteiger partial charge in [0.05, 0.1) is 14.2 Å². The fourth-order valence-corrected chi connectivity index (χ4v) is 5.11. The van der Waals surface area contributed by atoms with E-state index in [4.69, 9.17) is 13.9 Å². The van der Waals surface area contributed by atoms with Gasteiger partial charge in [0.1, 0.15) is 39.4 Å². The average Bonchev–Trinajstić information content (AvgIpc) is 3.10. The highest BCUT2D eigenvalue weighted by molar-refractivity contribution is 7.91. The molecular weight excluding hydrogens is 436 g/mol. The zero-order chi connectivity index (χ0) is 23.6. The van der Waals surface area contributed by atoms with Crippen molar-refractivity contribution in [2.75, 3.05) is 14.2 Å². The average molecular weight is 463 g/mol. The lowest BCUT2D eigenvalue weighted by Crippen LogP contribution is -2.25. The molecule has 0 fully saturated rings. The number of rotatable bonds is 8. The molecule has 3 rings (SSSR count). The van der Waals surface area contributed by atoms with Crippen LogP contribution in [0.4, 0.5) is 0 Å². The van der Waals surface area contributed by atoms with Gasteiger partial charge in [-0.1, -0.05) is 19.4 Å². The van der Waals surface area contributed by atoms with E-state index in [1.807, 2.05) is 6.92 Å². The number of aryl methyl sites for hydroxylation is 3. The van der Waals surface area contributed by atoms with Crippen molar-refractivity contribution in [3.63, 3.8) is 0 Å². The smallest absolute Gasteiger partial charge is 0.296 e. The van der Waals surface area contributed by atoms with Gasteiger partial charge >= 0.3 is 0 Å². The standard InChI is InChI=1S/C22H26N2O7S/c1-6-7-11-18-23-21(25)20(32(27,28)17-12-13(2)31-14(17)3)22(26)24(18)19-15(29-4)9-8-10-16(19)30-5/h8-10,12,26H,6-7,11H2,1-5H3. The SMILES string of the molecule is CCCCc1nc(=O)c(S(=O)(=O)c2cc(C)oc2C)c(O)n1-c1c(OC)cccc1OC. The van der Waals surface area contributed by atoms with Gasteiger partial charge < -0.3 is 19.0 Å². The highest BCUT2D eigenvalue weighted by Gasteiger charge is 2.33. The molecule has 0 atom stereocenters. The second-order valence-corrected chi connectivity index (χ2v) is 9.07. The Hall–Kier alpha value is -3.27. The van der Waals surface area contributed by atoms with Crippen LogP contribution in [0.1, 0.15) is 37.1 Å². The predicted octanol–water partition coefficient (Wildman–Crippen LogP) is 3.34. The third-order valence-corrected chi connectivity index (χ3v) is 6.91. The van der Waals surface area contributed by atoms with Gasteiger partial charge in [0.2, 0.25) is 15.7 Å². The Bertz CT molecular complexity index is 1280. The first-order valence-corrected chi connectivity index (χ1v) is 11.5. The Morgan fingerprint density at radius 1 is 1.16 bits per heavy atom. The van der Waals surface area contributed by atoms with E-state index in [0.29, 0.717) is 30.1 Å². The minimum Gasteiger partial charge on any atom is -0.494 e. The maximum atomic E-state index is 13.4. The third kappa shape index (κ3) is 3.97. The molecule has 0 bridgehead atoms. The van der Waals surface area contributed by atoms with E-state index in [-0.39, 0.29) is 22.2 Å². The summed E-state index contributed by atoms with van der Waals surface area (Å²) in [6, 6.07) is 6.27. The molecule has 172 valence electrons. The summed E-state index contributed by atoms with van der Waals surface area (Å²) in [4.78, 5) is 15.9. The number of furan rings is 1. The van der Waals surface area contributed by atoms with Crippen molar-refractivity contribution in [2.45, 2.75) is 49.8 Å². The molecule has 0 aliphatic rings. The molecule has 10 heteroatoms. The number of ether oxygens (including phenoxy) is 2. The molecule has 1 N–H and O–H groups in total. The van der Waals surface area contributed by atoms with Crippen LogP contribution >= 0.6 is 0 Å². The number of unbranched alkanes of at least 4 members (excludes halogenated alkanes) is 1. The van der Waals surface area contributed by atoms with E-state index in [0.717, 1.165) is 6.42 Å². The van der Waals surface area contributed by atoms with Crippen LogP contribution in [-0.2, 0) is 16.3 Å². The molecule has 0 amide bonds. The Balaban J connectivity index is 2.43. The Labute approximate surface area is 186 Å². The Morgan fingerprint density at radius 2 is 1.78 bits per heavy atom. The van der Waals surface area contributed by atoms with Crippen molar-refractivity contribution in [3.8, 4) is 23.1 Å². The quantitative estimate of drug-likeness (QED) is 0.541. The fourth-order valence-electron chi connectivity index (χ4n) is 3.55. The van der Waals surface area contributed by atoms with Crippen molar-refractivity contribution in [2.24, 2.45) is 0 Å². The molecule has 0 radical (unpaired) electrons. The van der Waals surface area contributed by atoms with E-state index in [1.54, 1.807) is 25.1 Å². The molecule has 0 aliphatic carbocycles. The van der Waals surface area contributed by atoms with Crippen LogP contribution in [0.25, 0.3) is 5.69 Å². The first-order valence-electron chi connectivity index (χ1n) is 10.1. The summed E-state index contributed by atoms with van der Waals surface area (Å²) in [7, 11) is -1.56. The summed E-state index contributed by atoms with van der Waals surface area (Å²) in [6.45, 7) is 5.03. The summed E-state index contributed by atoms with van der Waals surface area (Å²) >= 11 is 0. The molecule has 2 heterocycles. The van der Waals surface area contributed by atoms with Crippen LogP contribution in [0.3, 0.4) is 0 Å². The van der Waals surface area contributed by atoms with Gasteiger partial charge in [0.15, 0.2) is 4.90 Å². The van der Waals surface area contributed by atoms with Crippen molar-refractivity contribution in [1.29, 1.82) is 0 Å². The minimum absolute atomic E-state index is 0.109. The van der Waals surface area contributed by atoms with Crippen LogP contribution in [0.2, 0.25) is 0 Å². The third-order valence-electron chi connectivity index (χ3n) is 5.03. The number of nitrogens with zero attached hydrogens (tertiary/aromatic N) is 2. The van der Waals surface area contributed by atoms with E-state index >= 15 is 0 Å². The summed E-state index contributed by atoms with van der Waals surface area (Å²) in [5, 5.41) is 11.2. The molecule has 9 nitrogen and oxygen atoms in total. The van der Waals surface area contributed by atoms with Crippen molar-refractivity contribution in [3.05, 3.63) is 52.0 Å². The van der Waals surface area contributed by atoms with Gasteiger partial charge in [0.25, 0.3) is 5.56 Å². The zero-order valence-corrected chi connectivity index (χ0v) is 19.4. The van der Waals surface area contributed by atoms with Crippen molar-refractivity contribution < 1.29 is 27.4 Å². The second-order valence-electron chi connectivity index (χ2n) is 7.22. The number of methoxy groups -OCH3 is 2. The van der Waals surface area contributed by atoms with Gasteiger partial charge in [-0.15, -0.1) is 0 Å². The minimum atomic E-state index is -4.44. The van der Waals surface area contributed by atoms with Crippen LogP contribution in [0.15, 0.2) is 43.3 Å². The molecule has 0 saturated heterocycles. The van der Waals surface area contributed by atoms with Crippen LogP contribution in [0, 0.1) is 13.8 Å². The highest BCUT2D eigenvalue weighted by Crippen LogP contribution is 2.38.